The molecule has 2 aromatic heterocycles. The second-order valence-corrected chi connectivity index (χ2v) is 4.77. The first kappa shape index (κ1) is 14.0. The van der Waals surface area contributed by atoms with Crippen molar-refractivity contribution in [2.24, 2.45) is 0 Å². The number of benzene rings is 1. The van der Waals surface area contributed by atoms with E-state index in [9.17, 15) is 0 Å². The molecule has 3 rings (SSSR count). The number of hydrogen-bond donors (Lipinski definition) is 2. The van der Waals surface area contributed by atoms with Gasteiger partial charge in [0.25, 0.3) is 0 Å². The van der Waals surface area contributed by atoms with Crippen molar-refractivity contribution in [3.05, 3.63) is 66.4 Å². The van der Waals surface area contributed by atoms with Crippen LogP contribution in [0.25, 0.3) is 11.4 Å². The maximum absolute atomic E-state index is 4.45. The van der Waals surface area contributed by atoms with Crippen molar-refractivity contribution >= 4 is 11.8 Å². The van der Waals surface area contributed by atoms with E-state index in [0.717, 1.165) is 17.2 Å². The summed E-state index contributed by atoms with van der Waals surface area (Å²) in [7, 11) is 1.80. The van der Waals surface area contributed by atoms with Gasteiger partial charge in [0.1, 0.15) is 5.82 Å². The number of pyridine rings is 1. The van der Waals surface area contributed by atoms with Gasteiger partial charge in [0.15, 0.2) is 0 Å². The first-order chi connectivity index (χ1) is 10.8. The Morgan fingerprint density at radius 1 is 0.909 bits per heavy atom. The Bertz CT molecular complexity index is 729. The summed E-state index contributed by atoms with van der Waals surface area (Å²) in [5.41, 5.74) is 2.81. The van der Waals surface area contributed by atoms with Crippen molar-refractivity contribution in [3.8, 4) is 11.4 Å². The first-order valence-corrected chi connectivity index (χ1v) is 7.11. The lowest BCUT2D eigenvalue weighted by Gasteiger charge is -2.09. The van der Waals surface area contributed by atoms with Crippen LogP contribution in [0.4, 0.5) is 11.8 Å². The Kier molecular flexibility index (Phi) is 4.25. The van der Waals surface area contributed by atoms with Gasteiger partial charge in [0.2, 0.25) is 5.95 Å². The number of nitrogens with zero attached hydrogens (tertiary/aromatic N) is 3. The van der Waals surface area contributed by atoms with E-state index in [1.165, 1.54) is 5.56 Å². The summed E-state index contributed by atoms with van der Waals surface area (Å²) >= 11 is 0. The fourth-order valence-electron chi connectivity index (χ4n) is 2.08. The highest BCUT2D eigenvalue weighted by atomic mass is 15.1. The minimum Gasteiger partial charge on any atom is -0.366 e. The van der Waals surface area contributed by atoms with E-state index in [4.69, 9.17) is 0 Å². The number of aromatic nitrogens is 3. The lowest BCUT2D eigenvalue weighted by molar-refractivity contribution is 1.08. The summed E-state index contributed by atoms with van der Waals surface area (Å²) in [5.74, 6) is 1.34. The average Bonchev–Trinajstić information content (AvgIpc) is 2.61. The van der Waals surface area contributed by atoms with Crippen molar-refractivity contribution in [1.29, 1.82) is 0 Å². The predicted octanol–water partition coefficient (Wildman–Crippen LogP) is 3.19. The molecule has 2 N–H and O–H groups in total. The van der Waals surface area contributed by atoms with Gasteiger partial charge in [-0.05, 0) is 17.7 Å². The number of rotatable bonds is 5. The zero-order chi connectivity index (χ0) is 15.2. The van der Waals surface area contributed by atoms with E-state index < -0.39 is 0 Å². The van der Waals surface area contributed by atoms with E-state index in [0.29, 0.717) is 12.5 Å². The summed E-state index contributed by atoms with van der Waals surface area (Å²) in [4.78, 5) is 13.2. The lowest BCUT2D eigenvalue weighted by Crippen LogP contribution is -2.05. The summed E-state index contributed by atoms with van der Waals surface area (Å²) in [5, 5.41) is 6.31. The molecule has 3 aromatic rings. The molecule has 0 aliphatic rings. The minimum absolute atomic E-state index is 0.568. The monoisotopic (exact) mass is 291 g/mol. The quantitative estimate of drug-likeness (QED) is 0.756. The standard InChI is InChI=1S/C17H17N5/c1-18-17-21-15(14-9-5-6-10-19-14)11-16(22-17)20-12-13-7-3-2-4-8-13/h2-11H,12H2,1H3,(H2,18,20,21,22). The molecule has 5 nitrogen and oxygen atoms in total. The van der Waals surface area contributed by atoms with Crippen LogP contribution in [-0.4, -0.2) is 22.0 Å². The van der Waals surface area contributed by atoms with Crippen LogP contribution in [0.3, 0.4) is 0 Å². The van der Waals surface area contributed by atoms with Crippen LogP contribution in [0.15, 0.2) is 60.8 Å². The average molecular weight is 291 g/mol. The highest BCUT2D eigenvalue weighted by Crippen LogP contribution is 2.19. The molecule has 1 aromatic carbocycles. The fourth-order valence-corrected chi connectivity index (χ4v) is 2.08. The number of anilines is 2. The Labute approximate surface area is 129 Å². The third-order valence-electron chi connectivity index (χ3n) is 3.19. The second kappa shape index (κ2) is 6.67. The van der Waals surface area contributed by atoms with Crippen molar-refractivity contribution in [3.63, 3.8) is 0 Å². The molecule has 0 fully saturated rings. The molecule has 0 radical (unpaired) electrons. The van der Waals surface area contributed by atoms with Gasteiger partial charge in [-0.2, -0.15) is 4.98 Å². The van der Waals surface area contributed by atoms with Crippen LogP contribution in [0.2, 0.25) is 0 Å². The van der Waals surface area contributed by atoms with E-state index in [1.807, 2.05) is 42.5 Å². The van der Waals surface area contributed by atoms with E-state index in [1.54, 1.807) is 13.2 Å². The summed E-state index contributed by atoms with van der Waals surface area (Å²) in [6, 6.07) is 17.9. The van der Waals surface area contributed by atoms with Gasteiger partial charge >= 0.3 is 0 Å². The molecule has 22 heavy (non-hydrogen) atoms. The van der Waals surface area contributed by atoms with E-state index >= 15 is 0 Å². The van der Waals surface area contributed by atoms with Crippen LogP contribution < -0.4 is 10.6 Å². The largest absolute Gasteiger partial charge is 0.366 e. The molecule has 0 saturated heterocycles. The third kappa shape index (κ3) is 3.38. The number of hydrogen-bond acceptors (Lipinski definition) is 5. The Morgan fingerprint density at radius 2 is 1.73 bits per heavy atom. The molecular formula is C17H17N5. The molecule has 2 heterocycles. The molecule has 0 bridgehead atoms. The summed E-state index contributed by atoms with van der Waals surface area (Å²) in [6.07, 6.45) is 1.76. The molecule has 0 spiro atoms. The Balaban J connectivity index is 1.85. The van der Waals surface area contributed by atoms with Gasteiger partial charge < -0.3 is 10.6 Å². The van der Waals surface area contributed by atoms with Crippen LogP contribution in [0.1, 0.15) is 5.56 Å². The van der Waals surface area contributed by atoms with Crippen LogP contribution in [0, 0.1) is 0 Å². The highest BCUT2D eigenvalue weighted by Gasteiger charge is 2.06. The van der Waals surface area contributed by atoms with Crippen molar-refractivity contribution in [1.82, 2.24) is 15.0 Å². The SMILES string of the molecule is CNc1nc(NCc2ccccc2)cc(-c2ccccn2)n1. The first-order valence-electron chi connectivity index (χ1n) is 7.11. The Morgan fingerprint density at radius 3 is 2.45 bits per heavy atom. The topological polar surface area (TPSA) is 62.7 Å². The zero-order valence-corrected chi connectivity index (χ0v) is 12.3. The van der Waals surface area contributed by atoms with Gasteiger partial charge in [-0.3, -0.25) is 4.98 Å². The van der Waals surface area contributed by atoms with Crippen molar-refractivity contribution in [2.75, 3.05) is 17.7 Å². The van der Waals surface area contributed by atoms with Gasteiger partial charge in [-0.1, -0.05) is 36.4 Å². The van der Waals surface area contributed by atoms with Gasteiger partial charge in [-0.25, -0.2) is 4.98 Å². The maximum atomic E-state index is 4.45. The summed E-state index contributed by atoms with van der Waals surface area (Å²) < 4.78 is 0. The second-order valence-electron chi connectivity index (χ2n) is 4.77. The smallest absolute Gasteiger partial charge is 0.224 e. The molecule has 110 valence electrons. The zero-order valence-electron chi connectivity index (χ0n) is 12.3. The van der Waals surface area contributed by atoms with E-state index in [-0.39, 0.29) is 0 Å². The third-order valence-corrected chi connectivity index (χ3v) is 3.19. The molecule has 0 unspecified atom stereocenters. The molecule has 0 atom stereocenters. The fraction of sp³-hybridized carbons (Fsp3) is 0.118. The van der Waals surface area contributed by atoms with Gasteiger partial charge in [-0.15, -0.1) is 0 Å². The normalized spacial score (nSPS) is 10.2. The Hall–Kier alpha value is -2.95. The van der Waals surface area contributed by atoms with Crippen LogP contribution in [-0.2, 0) is 6.54 Å². The lowest BCUT2D eigenvalue weighted by atomic mass is 10.2. The molecule has 5 heteroatoms. The van der Waals surface area contributed by atoms with E-state index in [2.05, 4.69) is 37.7 Å². The van der Waals surface area contributed by atoms with Gasteiger partial charge in [0, 0.05) is 25.9 Å². The molecule has 0 aliphatic heterocycles. The van der Waals surface area contributed by atoms with Crippen LogP contribution >= 0.6 is 0 Å². The van der Waals surface area contributed by atoms with Crippen LogP contribution in [0.5, 0.6) is 0 Å². The molecule has 0 amide bonds. The van der Waals surface area contributed by atoms with Crippen molar-refractivity contribution < 1.29 is 0 Å². The highest BCUT2D eigenvalue weighted by molar-refractivity contribution is 5.60. The predicted molar refractivity (Wildman–Crippen MR) is 88.6 cm³/mol. The molecule has 0 saturated carbocycles. The van der Waals surface area contributed by atoms with Crippen molar-refractivity contribution in [2.45, 2.75) is 6.54 Å². The molecule has 0 aliphatic carbocycles. The van der Waals surface area contributed by atoms with Gasteiger partial charge in [0.05, 0.1) is 11.4 Å². The maximum Gasteiger partial charge on any atom is 0.224 e. The number of nitrogens with one attached hydrogen (secondary N) is 2. The molecular weight excluding hydrogens is 274 g/mol. The minimum atomic E-state index is 0.568. The summed E-state index contributed by atoms with van der Waals surface area (Å²) in [6.45, 7) is 0.711.